The molecule has 0 heterocycles. The number of non-ortho nitro benzene ring substituents is 1. The average molecular weight is 398 g/mol. The van der Waals surface area contributed by atoms with Gasteiger partial charge in [0.05, 0.1) is 4.92 Å². The van der Waals surface area contributed by atoms with Gasteiger partial charge in [-0.25, -0.2) is 0 Å². The second-order valence-electron chi connectivity index (χ2n) is 5.91. The molecule has 2 amide bonds. The van der Waals surface area contributed by atoms with Gasteiger partial charge in [0.15, 0.2) is 5.11 Å². The molecule has 0 spiro atoms. The Hall–Kier alpha value is -3.59. The lowest BCUT2D eigenvalue weighted by Crippen LogP contribution is -2.32. The second kappa shape index (κ2) is 9.38. The van der Waals surface area contributed by atoms with Crippen LogP contribution in [0.15, 0.2) is 54.6 Å². The first kappa shape index (κ1) is 20.7. The number of thiocarbonyl (C=S) groups is 1. The Morgan fingerprint density at radius 2 is 1.86 bits per heavy atom. The summed E-state index contributed by atoms with van der Waals surface area (Å²) in [6, 6.07) is 12.6. The van der Waals surface area contributed by atoms with Crippen LogP contribution in [-0.4, -0.2) is 40.8 Å². The number of anilines is 1. The Morgan fingerprint density at radius 3 is 2.54 bits per heavy atom. The molecule has 0 saturated heterocycles. The molecule has 9 heteroatoms. The highest BCUT2D eigenvalue weighted by molar-refractivity contribution is 7.80. The highest BCUT2D eigenvalue weighted by Crippen LogP contribution is 2.14. The lowest BCUT2D eigenvalue weighted by Gasteiger charge is -2.12. The maximum Gasteiger partial charge on any atom is 0.270 e. The lowest BCUT2D eigenvalue weighted by atomic mass is 10.2. The van der Waals surface area contributed by atoms with E-state index in [1.165, 1.54) is 35.3 Å². The van der Waals surface area contributed by atoms with E-state index in [-0.39, 0.29) is 16.7 Å². The summed E-state index contributed by atoms with van der Waals surface area (Å²) in [6.07, 6.45) is 2.67. The molecular weight excluding hydrogens is 380 g/mol. The molecule has 0 aliphatic rings. The molecule has 0 aliphatic carbocycles. The molecule has 0 atom stereocenters. The number of carbonyl (C=O) groups excluding carboxylic acids is 2. The summed E-state index contributed by atoms with van der Waals surface area (Å²) in [5.74, 6) is -0.650. The van der Waals surface area contributed by atoms with Gasteiger partial charge in [0.25, 0.3) is 11.6 Å². The van der Waals surface area contributed by atoms with E-state index in [0.29, 0.717) is 16.8 Å². The van der Waals surface area contributed by atoms with Crippen molar-refractivity contribution in [3.05, 3.63) is 75.8 Å². The van der Waals surface area contributed by atoms with Crippen molar-refractivity contribution >= 4 is 46.6 Å². The van der Waals surface area contributed by atoms with E-state index in [9.17, 15) is 19.7 Å². The maximum absolute atomic E-state index is 12.0. The molecule has 8 nitrogen and oxygen atoms in total. The van der Waals surface area contributed by atoms with E-state index in [0.717, 1.165) is 0 Å². The summed E-state index contributed by atoms with van der Waals surface area (Å²) in [5, 5.41) is 16.1. The van der Waals surface area contributed by atoms with Gasteiger partial charge in [0.1, 0.15) is 0 Å². The Bertz CT molecular complexity index is 956. The third-order valence-corrected chi connectivity index (χ3v) is 3.72. The van der Waals surface area contributed by atoms with Crippen molar-refractivity contribution in [3.8, 4) is 0 Å². The summed E-state index contributed by atoms with van der Waals surface area (Å²) in [6.45, 7) is 0. The number of nitrogens with zero attached hydrogens (tertiary/aromatic N) is 2. The molecule has 0 aromatic heterocycles. The fourth-order valence-corrected chi connectivity index (χ4v) is 2.44. The third kappa shape index (κ3) is 5.99. The van der Waals surface area contributed by atoms with Crippen LogP contribution in [0.5, 0.6) is 0 Å². The number of amides is 2. The summed E-state index contributed by atoms with van der Waals surface area (Å²) in [4.78, 5) is 35.7. The Labute approximate surface area is 167 Å². The number of nitro groups is 1. The third-order valence-electron chi connectivity index (χ3n) is 3.52. The zero-order valence-electron chi connectivity index (χ0n) is 15.2. The van der Waals surface area contributed by atoms with Gasteiger partial charge in [-0.05, 0) is 42.1 Å². The van der Waals surface area contributed by atoms with Crippen molar-refractivity contribution in [1.29, 1.82) is 0 Å². The molecule has 0 unspecified atom stereocenters. The maximum atomic E-state index is 12.0. The zero-order chi connectivity index (χ0) is 20.7. The van der Waals surface area contributed by atoms with Gasteiger partial charge in [-0.15, -0.1) is 0 Å². The molecule has 144 valence electrons. The monoisotopic (exact) mass is 398 g/mol. The minimum Gasteiger partial charge on any atom is -0.345 e. The Balaban J connectivity index is 1.97. The molecule has 2 rings (SSSR count). The van der Waals surface area contributed by atoms with Crippen LogP contribution in [0, 0.1) is 10.1 Å². The number of nitrogens with one attached hydrogen (secondary N) is 2. The zero-order valence-corrected chi connectivity index (χ0v) is 16.0. The molecule has 28 heavy (non-hydrogen) atoms. The fourth-order valence-electron chi connectivity index (χ4n) is 2.22. The molecule has 2 aromatic rings. The first-order valence-electron chi connectivity index (χ1n) is 8.12. The highest BCUT2D eigenvalue weighted by atomic mass is 32.1. The Kier molecular flexibility index (Phi) is 6.94. The molecule has 0 bridgehead atoms. The second-order valence-corrected chi connectivity index (χ2v) is 6.32. The molecule has 0 fully saturated rings. The SMILES string of the molecule is CN(C)C(=O)c1cccc(NC(=S)NC(=O)/C=C/c2cccc([N+](=O)[O-])c2)c1. The largest absolute Gasteiger partial charge is 0.345 e. The molecule has 2 aromatic carbocycles. The first-order chi connectivity index (χ1) is 13.3. The van der Waals surface area contributed by atoms with E-state index in [1.54, 1.807) is 44.4 Å². The number of rotatable bonds is 5. The molecule has 0 saturated carbocycles. The summed E-state index contributed by atoms with van der Waals surface area (Å²) >= 11 is 5.10. The number of hydrogen-bond acceptors (Lipinski definition) is 5. The van der Waals surface area contributed by atoms with Gasteiger partial charge in [-0.1, -0.05) is 18.2 Å². The van der Waals surface area contributed by atoms with Crippen molar-refractivity contribution in [2.45, 2.75) is 0 Å². The van der Waals surface area contributed by atoms with Crippen LogP contribution in [0.25, 0.3) is 6.08 Å². The summed E-state index contributed by atoms with van der Waals surface area (Å²) in [5.41, 5.74) is 1.49. The number of nitro benzene ring substituents is 1. The predicted molar refractivity (Wildman–Crippen MR) is 111 cm³/mol. The molecule has 2 N–H and O–H groups in total. The molecule has 0 aliphatic heterocycles. The number of hydrogen-bond donors (Lipinski definition) is 2. The molecule has 0 radical (unpaired) electrons. The standard InChI is InChI=1S/C19H18N4O4S/c1-22(2)18(25)14-6-4-7-15(12-14)20-19(28)21-17(24)10-9-13-5-3-8-16(11-13)23(26)27/h3-12H,1-2H3,(H2,20,21,24,28)/b10-9+. The highest BCUT2D eigenvalue weighted by Gasteiger charge is 2.09. The molecular formula is C19H18N4O4S. The topological polar surface area (TPSA) is 105 Å². The minimum absolute atomic E-state index is 0.0585. The van der Waals surface area contributed by atoms with Gasteiger partial charge in [0, 0.05) is 43.6 Å². The minimum atomic E-state index is -0.508. The van der Waals surface area contributed by atoms with E-state index in [2.05, 4.69) is 10.6 Å². The number of carbonyl (C=O) groups is 2. The van der Waals surface area contributed by atoms with Crippen molar-refractivity contribution in [2.24, 2.45) is 0 Å². The van der Waals surface area contributed by atoms with Crippen molar-refractivity contribution in [3.63, 3.8) is 0 Å². The van der Waals surface area contributed by atoms with Crippen molar-refractivity contribution < 1.29 is 14.5 Å². The smallest absolute Gasteiger partial charge is 0.270 e. The fraction of sp³-hybridized carbons (Fsp3) is 0.105. The van der Waals surface area contributed by atoms with Crippen LogP contribution in [0.2, 0.25) is 0 Å². The van der Waals surface area contributed by atoms with E-state index < -0.39 is 10.8 Å². The van der Waals surface area contributed by atoms with Crippen molar-refractivity contribution in [1.82, 2.24) is 10.2 Å². The van der Waals surface area contributed by atoms with Crippen molar-refractivity contribution in [2.75, 3.05) is 19.4 Å². The van der Waals surface area contributed by atoms with E-state index >= 15 is 0 Å². The van der Waals surface area contributed by atoms with Crippen LogP contribution < -0.4 is 10.6 Å². The summed E-state index contributed by atoms with van der Waals surface area (Å²) < 4.78 is 0. The van der Waals surface area contributed by atoms with Crippen LogP contribution >= 0.6 is 12.2 Å². The average Bonchev–Trinajstić information content (AvgIpc) is 2.66. The van der Waals surface area contributed by atoms with Crippen LogP contribution in [-0.2, 0) is 4.79 Å². The number of benzene rings is 2. The van der Waals surface area contributed by atoms with Crippen LogP contribution in [0.3, 0.4) is 0 Å². The van der Waals surface area contributed by atoms with Gasteiger partial charge >= 0.3 is 0 Å². The first-order valence-corrected chi connectivity index (χ1v) is 8.53. The van der Waals surface area contributed by atoms with Gasteiger partial charge in [-0.2, -0.15) is 0 Å². The van der Waals surface area contributed by atoms with Gasteiger partial charge in [-0.3, -0.25) is 25.0 Å². The van der Waals surface area contributed by atoms with E-state index in [1.807, 2.05) is 0 Å². The van der Waals surface area contributed by atoms with Gasteiger partial charge < -0.3 is 10.2 Å². The normalized spacial score (nSPS) is 10.4. The summed E-state index contributed by atoms with van der Waals surface area (Å²) in [7, 11) is 3.31. The Morgan fingerprint density at radius 1 is 1.14 bits per heavy atom. The van der Waals surface area contributed by atoms with Gasteiger partial charge in [0.2, 0.25) is 5.91 Å². The van der Waals surface area contributed by atoms with Crippen LogP contribution in [0.4, 0.5) is 11.4 Å². The van der Waals surface area contributed by atoms with Crippen LogP contribution in [0.1, 0.15) is 15.9 Å². The van der Waals surface area contributed by atoms with E-state index in [4.69, 9.17) is 12.2 Å². The predicted octanol–water partition coefficient (Wildman–Crippen LogP) is 2.82. The lowest BCUT2D eigenvalue weighted by molar-refractivity contribution is -0.384. The quantitative estimate of drug-likeness (QED) is 0.347.